The van der Waals surface area contributed by atoms with Crippen LogP contribution in [-0.4, -0.2) is 68.4 Å². The van der Waals surface area contributed by atoms with Gasteiger partial charge in [-0.3, -0.25) is 4.90 Å². The molecule has 120 valence electrons. The van der Waals surface area contributed by atoms with E-state index in [2.05, 4.69) is 17.7 Å². The van der Waals surface area contributed by atoms with Crippen LogP contribution in [0.15, 0.2) is 0 Å². The van der Waals surface area contributed by atoms with Crippen LogP contribution in [0.4, 0.5) is 4.79 Å². The molecule has 0 N–H and O–H groups in total. The van der Waals surface area contributed by atoms with E-state index in [1.165, 1.54) is 0 Å². The van der Waals surface area contributed by atoms with Gasteiger partial charge < -0.3 is 14.4 Å². The standard InChI is InChI=1S/C16H28N2O3/c1-3-5-15-21-16(19)18-11-9-17(10-12-18)8-6-7-14-20-13-4-2/h2H,3,5-15H2,1H3. The summed E-state index contributed by atoms with van der Waals surface area (Å²) < 4.78 is 10.5. The summed E-state index contributed by atoms with van der Waals surface area (Å²) in [5, 5.41) is 0. The Balaban J connectivity index is 2.04. The van der Waals surface area contributed by atoms with E-state index in [-0.39, 0.29) is 6.09 Å². The molecule has 5 heteroatoms. The summed E-state index contributed by atoms with van der Waals surface area (Å²) in [6.07, 6.45) is 9.07. The molecule has 1 aliphatic rings. The molecule has 0 aromatic rings. The number of amides is 1. The van der Waals surface area contributed by atoms with Gasteiger partial charge in [0.2, 0.25) is 0 Å². The van der Waals surface area contributed by atoms with Crippen molar-refractivity contribution in [1.82, 2.24) is 9.80 Å². The Morgan fingerprint density at radius 2 is 1.90 bits per heavy atom. The molecule has 21 heavy (non-hydrogen) atoms. The lowest BCUT2D eigenvalue weighted by Gasteiger charge is -2.34. The van der Waals surface area contributed by atoms with Crippen LogP contribution in [0, 0.1) is 12.3 Å². The Morgan fingerprint density at radius 3 is 2.57 bits per heavy atom. The van der Waals surface area contributed by atoms with Crippen LogP contribution in [-0.2, 0) is 9.47 Å². The monoisotopic (exact) mass is 296 g/mol. The Labute approximate surface area is 128 Å². The molecule has 0 unspecified atom stereocenters. The zero-order chi connectivity index (χ0) is 15.3. The normalized spacial score (nSPS) is 15.7. The van der Waals surface area contributed by atoms with Crippen molar-refractivity contribution in [3.05, 3.63) is 0 Å². The lowest BCUT2D eigenvalue weighted by molar-refractivity contribution is 0.0742. The van der Waals surface area contributed by atoms with Gasteiger partial charge in [-0.25, -0.2) is 4.79 Å². The first-order valence-corrected chi connectivity index (χ1v) is 7.93. The first-order chi connectivity index (χ1) is 10.3. The van der Waals surface area contributed by atoms with E-state index >= 15 is 0 Å². The smallest absolute Gasteiger partial charge is 0.409 e. The highest BCUT2D eigenvalue weighted by atomic mass is 16.6. The molecule has 1 aliphatic heterocycles. The number of rotatable bonds is 9. The molecule has 0 aromatic heterocycles. The summed E-state index contributed by atoms with van der Waals surface area (Å²) in [6, 6.07) is 0. The maximum absolute atomic E-state index is 11.8. The van der Waals surface area contributed by atoms with Gasteiger partial charge in [0.1, 0.15) is 6.61 Å². The molecule has 1 rings (SSSR count). The molecular formula is C16H28N2O3. The second-order valence-electron chi connectivity index (χ2n) is 5.26. The van der Waals surface area contributed by atoms with Crippen LogP contribution in [0.2, 0.25) is 0 Å². The van der Waals surface area contributed by atoms with Gasteiger partial charge in [0, 0.05) is 32.8 Å². The molecule has 0 radical (unpaired) electrons. The predicted octanol–water partition coefficient (Wildman–Crippen LogP) is 1.97. The third-order valence-electron chi connectivity index (χ3n) is 3.55. The SMILES string of the molecule is C#CCOCCCCN1CCN(C(=O)OCCCC)CC1. The Kier molecular flexibility index (Phi) is 9.68. The Bertz CT molecular complexity index is 320. The van der Waals surface area contributed by atoms with Crippen LogP contribution in [0.25, 0.3) is 0 Å². The van der Waals surface area contributed by atoms with Crippen molar-refractivity contribution < 1.29 is 14.3 Å². The number of piperazine rings is 1. The second-order valence-corrected chi connectivity index (χ2v) is 5.26. The van der Waals surface area contributed by atoms with Gasteiger partial charge in [0.25, 0.3) is 0 Å². The van der Waals surface area contributed by atoms with E-state index in [0.717, 1.165) is 65.0 Å². The molecule has 1 saturated heterocycles. The summed E-state index contributed by atoms with van der Waals surface area (Å²) >= 11 is 0. The molecule has 0 spiro atoms. The van der Waals surface area contributed by atoms with Crippen molar-refractivity contribution in [2.75, 3.05) is 52.5 Å². The summed E-state index contributed by atoms with van der Waals surface area (Å²) in [7, 11) is 0. The predicted molar refractivity (Wildman–Crippen MR) is 83.2 cm³/mol. The maximum Gasteiger partial charge on any atom is 0.409 e. The Hall–Kier alpha value is -1.25. The quantitative estimate of drug-likeness (QED) is 0.482. The second kappa shape index (κ2) is 11.4. The first kappa shape index (κ1) is 17.8. The van der Waals surface area contributed by atoms with E-state index in [9.17, 15) is 4.79 Å². The molecule has 1 fully saturated rings. The number of hydrogen-bond donors (Lipinski definition) is 0. The summed E-state index contributed by atoms with van der Waals surface area (Å²) in [5.74, 6) is 2.46. The number of nitrogens with zero attached hydrogens (tertiary/aromatic N) is 2. The van der Waals surface area contributed by atoms with Gasteiger partial charge in [0.15, 0.2) is 0 Å². The van der Waals surface area contributed by atoms with Crippen LogP contribution < -0.4 is 0 Å². The summed E-state index contributed by atoms with van der Waals surface area (Å²) in [6.45, 7) is 8.18. The van der Waals surface area contributed by atoms with E-state index < -0.39 is 0 Å². The molecular weight excluding hydrogens is 268 g/mol. The highest BCUT2D eigenvalue weighted by Gasteiger charge is 2.21. The zero-order valence-corrected chi connectivity index (χ0v) is 13.2. The lowest BCUT2D eigenvalue weighted by Crippen LogP contribution is -2.49. The zero-order valence-electron chi connectivity index (χ0n) is 13.2. The van der Waals surface area contributed by atoms with Crippen LogP contribution in [0.3, 0.4) is 0 Å². The van der Waals surface area contributed by atoms with Crippen LogP contribution in [0.1, 0.15) is 32.6 Å². The van der Waals surface area contributed by atoms with Crippen molar-refractivity contribution in [2.24, 2.45) is 0 Å². The van der Waals surface area contributed by atoms with Crippen molar-refractivity contribution in [2.45, 2.75) is 32.6 Å². The van der Waals surface area contributed by atoms with Crippen molar-refractivity contribution >= 4 is 6.09 Å². The lowest BCUT2D eigenvalue weighted by atomic mass is 10.2. The molecule has 0 aromatic carbocycles. The van der Waals surface area contributed by atoms with Gasteiger partial charge in [-0.05, 0) is 25.8 Å². The van der Waals surface area contributed by atoms with Gasteiger partial charge in [-0.2, -0.15) is 0 Å². The van der Waals surface area contributed by atoms with Gasteiger partial charge in [-0.15, -0.1) is 6.42 Å². The average molecular weight is 296 g/mol. The number of hydrogen-bond acceptors (Lipinski definition) is 4. The molecule has 5 nitrogen and oxygen atoms in total. The minimum absolute atomic E-state index is 0.161. The molecule has 0 aliphatic carbocycles. The topological polar surface area (TPSA) is 42.0 Å². The molecule has 0 bridgehead atoms. The fourth-order valence-corrected chi connectivity index (χ4v) is 2.22. The Morgan fingerprint density at radius 1 is 1.14 bits per heavy atom. The van der Waals surface area contributed by atoms with Crippen molar-refractivity contribution in [1.29, 1.82) is 0 Å². The summed E-state index contributed by atoms with van der Waals surface area (Å²) in [5.41, 5.74) is 0. The van der Waals surface area contributed by atoms with Crippen molar-refractivity contribution in [3.8, 4) is 12.3 Å². The average Bonchev–Trinajstić information content (AvgIpc) is 2.51. The molecule has 0 atom stereocenters. The largest absolute Gasteiger partial charge is 0.449 e. The van der Waals surface area contributed by atoms with Gasteiger partial charge in [-0.1, -0.05) is 19.3 Å². The maximum atomic E-state index is 11.8. The van der Waals surface area contributed by atoms with E-state index in [1.54, 1.807) is 0 Å². The van der Waals surface area contributed by atoms with Gasteiger partial charge in [0.05, 0.1) is 6.61 Å². The van der Waals surface area contributed by atoms with Gasteiger partial charge >= 0.3 is 6.09 Å². The number of ether oxygens (including phenoxy) is 2. The highest BCUT2D eigenvalue weighted by Crippen LogP contribution is 2.06. The van der Waals surface area contributed by atoms with Crippen molar-refractivity contribution in [3.63, 3.8) is 0 Å². The highest BCUT2D eigenvalue weighted by molar-refractivity contribution is 5.67. The van der Waals surface area contributed by atoms with E-state index in [0.29, 0.717) is 13.2 Å². The van der Waals surface area contributed by atoms with Crippen LogP contribution >= 0.6 is 0 Å². The minimum atomic E-state index is -0.161. The minimum Gasteiger partial charge on any atom is -0.449 e. The van der Waals surface area contributed by atoms with E-state index in [1.807, 2.05) is 4.90 Å². The number of unbranched alkanes of at least 4 members (excludes halogenated alkanes) is 2. The van der Waals surface area contributed by atoms with E-state index in [4.69, 9.17) is 15.9 Å². The molecule has 1 amide bonds. The summed E-state index contributed by atoms with van der Waals surface area (Å²) in [4.78, 5) is 16.0. The fraction of sp³-hybridized carbons (Fsp3) is 0.812. The third-order valence-corrected chi connectivity index (χ3v) is 3.55. The van der Waals surface area contributed by atoms with Crippen LogP contribution in [0.5, 0.6) is 0 Å². The number of terminal acetylenes is 1. The first-order valence-electron chi connectivity index (χ1n) is 7.93. The molecule has 1 heterocycles. The third kappa shape index (κ3) is 7.93. The number of carbonyl (C=O) groups excluding carboxylic acids is 1. The number of carbonyl (C=O) groups is 1. The molecule has 0 saturated carbocycles. The fourth-order valence-electron chi connectivity index (χ4n) is 2.22.